The van der Waals surface area contributed by atoms with E-state index in [1.807, 2.05) is 11.8 Å². The van der Waals surface area contributed by atoms with E-state index in [-0.39, 0.29) is 18.0 Å². The molecule has 1 saturated heterocycles. The Morgan fingerprint density at radius 1 is 1.42 bits per heavy atom. The molecule has 1 amide bonds. The molecule has 0 aromatic rings. The quantitative estimate of drug-likeness (QED) is 0.747. The van der Waals surface area contributed by atoms with Gasteiger partial charge in [0.2, 0.25) is 5.91 Å². The smallest absolute Gasteiger partial charge is 0.240 e. The van der Waals surface area contributed by atoms with Crippen molar-refractivity contribution in [3.8, 4) is 0 Å². The van der Waals surface area contributed by atoms with E-state index in [2.05, 4.69) is 12.2 Å². The highest BCUT2D eigenvalue weighted by atomic mass is 16.5. The molecule has 0 spiro atoms. The summed E-state index contributed by atoms with van der Waals surface area (Å²) >= 11 is 0. The van der Waals surface area contributed by atoms with Crippen molar-refractivity contribution < 1.29 is 14.3 Å². The Labute approximate surface area is 116 Å². The topological polar surface area (TPSA) is 50.8 Å². The molecule has 1 aliphatic heterocycles. The lowest BCUT2D eigenvalue weighted by Crippen LogP contribution is -2.55. The number of ether oxygens (including phenoxy) is 2. The summed E-state index contributed by atoms with van der Waals surface area (Å²) in [4.78, 5) is 14.6. The van der Waals surface area contributed by atoms with Gasteiger partial charge in [0.15, 0.2) is 0 Å². The predicted octanol–water partition coefficient (Wildman–Crippen LogP) is 0.884. The molecule has 1 fully saturated rings. The number of hydrogen-bond donors (Lipinski definition) is 1. The molecule has 19 heavy (non-hydrogen) atoms. The van der Waals surface area contributed by atoms with Crippen LogP contribution in [-0.2, 0) is 14.3 Å². The van der Waals surface area contributed by atoms with E-state index < -0.39 is 0 Å². The number of carbonyl (C=O) groups is 1. The first-order valence-electron chi connectivity index (χ1n) is 7.13. The van der Waals surface area contributed by atoms with Gasteiger partial charge in [-0.25, -0.2) is 0 Å². The van der Waals surface area contributed by atoms with Crippen LogP contribution in [0.1, 0.15) is 26.7 Å². The number of rotatable bonds is 7. The van der Waals surface area contributed by atoms with Crippen LogP contribution in [0.3, 0.4) is 0 Å². The molecule has 112 valence electrons. The highest BCUT2D eigenvalue weighted by Crippen LogP contribution is 2.18. The molecular formula is C14H28N2O3. The number of methoxy groups -OCH3 is 2. The Morgan fingerprint density at radius 3 is 2.74 bits per heavy atom. The van der Waals surface area contributed by atoms with Crippen LogP contribution in [0.25, 0.3) is 0 Å². The predicted molar refractivity (Wildman–Crippen MR) is 75.1 cm³/mol. The molecule has 0 aromatic carbocycles. The lowest BCUT2D eigenvalue weighted by Gasteiger charge is -2.36. The van der Waals surface area contributed by atoms with Gasteiger partial charge in [-0.1, -0.05) is 6.92 Å². The van der Waals surface area contributed by atoms with Gasteiger partial charge in [0.1, 0.15) is 0 Å². The van der Waals surface area contributed by atoms with Crippen LogP contribution in [0.15, 0.2) is 0 Å². The summed E-state index contributed by atoms with van der Waals surface area (Å²) in [6, 6.07) is 0.00786. The molecule has 3 atom stereocenters. The first kappa shape index (κ1) is 16.4. The van der Waals surface area contributed by atoms with Gasteiger partial charge < -0.3 is 19.7 Å². The molecule has 0 aromatic heterocycles. The molecule has 0 bridgehead atoms. The largest absolute Gasteiger partial charge is 0.383 e. The number of nitrogens with one attached hydrogen (secondary N) is 1. The van der Waals surface area contributed by atoms with Crippen LogP contribution in [0, 0.1) is 5.92 Å². The first-order valence-corrected chi connectivity index (χ1v) is 7.13. The maximum atomic E-state index is 12.7. The third-order valence-electron chi connectivity index (χ3n) is 3.79. The molecule has 1 rings (SSSR count). The van der Waals surface area contributed by atoms with E-state index in [9.17, 15) is 4.79 Å². The van der Waals surface area contributed by atoms with Crippen molar-refractivity contribution in [2.75, 3.05) is 40.5 Å². The van der Waals surface area contributed by atoms with Gasteiger partial charge >= 0.3 is 0 Å². The summed E-state index contributed by atoms with van der Waals surface area (Å²) < 4.78 is 10.3. The number of nitrogens with zero attached hydrogens (tertiary/aromatic N) is 1. The van der Waals surface area contributed by atoms with Crippen molar-refractivity contribution >= 4 is 5.91 Å². The zero-order valence-corrected chi connectivity index (χ0v) is 12.6. The van der Waals surface area contributed by atoms with Crippen molar-refractivity contribution in [1.29, 1.82) is 0 Å². The van der Waals surface area contributed by atoms with Gasteiger partial charge in [-0.05, 0) is 32.2 Å². The van der Waals surface area contributed by atoms with Crippen LogP contribution in [-0.4, -0.2) is 63.4 Å². The molecule has 3 unspecified atom stereocenters. The van der Waals surface area contributed by atoms with Crippen LogP contribution in [0.5, 0.6) is 0 Å². The fourth-order valence-electron chi connectivity index (χ4n) is 2.63. The average molecular weight is 272 g/mol. The maximum absolute atomic E-state index is 12.7. The fourth-order valence-corrected chi connectivity index (χ4v) is 2.63. The summed E-state index contributed by atoms with van der Waals surface area (Å²) in [6.07, 6.45) is 2.26. The Hall–Kier alpha value is -0.650. The molecule has 0 saturated carbocycles. The van der Waals surface area contributed by atoms with Gasteiger partial charge in [0, 0.05) is 20.8 Å². The highest BCUT2D eigenvalue weighted by molar-refractivity contribution is 5.82. The highest BCUT2D eigenvalue weighted by Gasteiger charge is 2.32. The second-order valence-corrected chi connectivity index (χ2v) is 5.38. The Morgan fingerprint density at radius 2 is 2.16 bits per heavy atom. The van der Waals surface area contributed by atoms with Gasteiger partial charge in [-0.15, -0.1) is 0 Å². The van der Waals surface area contributed by atoms with Crippen molar-refractivity contribution in [2.24, 2.45) is 5.92 Å². The minimum Gasteiger partial charge on any atom is -0.383 e. The van der Waals surface area contributed by atoms with Crippen molar-refractivity contribution in [3.63, 3.8) is 0 Å². The normalized spacial score (nSPS) is 25.1. The Kier molecular flexibility index (Phi) is 7.34. The Bertz CT molecular complexity index is 273. The molecule has 1 heterocycles. The summed E-state index contributed by atoms with van der Waals surface area (Å²) in [5, 5.41) is 3.35. The number of carbonyl (C=O) groups excluding carboxylic acids is 1. The van der Waals surface area contributed by atoms with E-state index in [0.29, 0.717) is 25.7 Å². The SMILES string of the molecule is COCCN(C(=O)C1NCCCC1C)C(C)COC. The number of hydrogen-bond acceptors (Lipinski definition) is 4. The van der Waals surface area contributed by atoms with E-state index in [0.717, 1.165) is 19.4 Å². The lowest BCUT2D eigenvalue weighted by atomic mass is 9.91. The summed E-state index contributed by atoms with van der Waals surface area (Å²) in [6.45, 7) is 6.81. The van der Waals surface area contributed by atoms with E-state index in [4.69, 9.17) is 9.47 Å². The molecule has 5 heteroatoms. The third kappa shape index (κ3) is 4.75. The van der Waals surface area contributed by atoms with Gasteiger partial charge in [-0.2, -0.15) is 0 Å². The van der Waals surface area contributed by atoms with Crippen molar-refractivity contribution in [1.82, 2.24) is 10.2 Å². The van der Waals surface area contributed by atoms with Gasteiger partial charge in [-0.3, -0.25) is 4.79 Å². The second-order valence-electron chi connectivity index (χ2n) is 5.38. The third-order valence-corrected chi connectivity index (χ3v) is 3.79. The lowest BCUT2D eigenvalue weighted by molar-refractivity contribution is -0.139. The molecule has 0 radical (unpaired) electrons. The van der Waals surface area contributed by atoms with Crippen LogP contribution in [0.4, 0.5) is 0 Å². The molecule has 1 aliphatic rings. The maximum Gasteiger partial charge on any atom is 0.240 e. The second kappa shape index (κ2) is 8.51. The van der Waals surface area contributed by atoms with Crippen LogP contribution < -0.4 is 5.32 Å². The van der Waals surface area contributed by atoms with E-state index in [1.54, 1.807) is 14.2 Å². The van der Waals surface area contributed by atoms with Gasteiger partial charge in [0.05, 0.1) is 25.3 Å². The zero-order chi connectivity index (χ0) is 14.3. The van der Waals surface area contributed by atoms with Crippen LogP contribution >= 0.6 is 0 Å². The van der Waals surface area contributed by atoms with Crippen LogP contribution in [0.2, 0.25) is 0 Å². The standard InChI is InChI=1S/C14H28N2O3/c1-11-6-5-7-15-13(11)14(17)16(8-9-18-3)12(2)10-19-4/h11-13,15H,5-10H2,1-4H3. The molecule has 5 nitrogen and oxygen atoms in total. The average Bonchev–Trinajstić information content (AvgIpc) is 2.39. The number of piperidine rings is 1. The molecular weight excluding hydrogens is 244 g/mol. The minimum absolute atomic E-state index is 0.0649. The van der Waals surface area contributed by atoms with Crippen molar-refractivity contribution in [2.45, 2.75) is 38.8 Å². The summed E-state index contributed by atoms with van der Waals surface area (Å²) in [5.74, 6) is 0.565. The minimum atomic E-state index is -0.0649. The fraction of sp³-hybridized carbons (Fsp3) is 0.929. The zero-order valence-electron chi connectivity index (χ0n) is 12.6. The van der Waals surface area contributed by atoms with E-state index >= 15 is 0 Å². The Balaban J connectivity index is 2.68. The summed E-state index contributed by atoms with van der Waals surface area (Å²) in [7, 11) is 3.32. The molecule has 0 aliphatic carbocycles. The number of amides is 1. The molecule has 1 N–H and O–H groups in total. The van der Waals surface area contributed by atoms with Crippen molar-refractivity contribution in [3.05, 3.63) is 0 Å². The monoisotopic (exact) mass is 272 g/mol. The van der Waals surface area contributed by atoms with E-state index in [1.165, 1.54) is 0 Å². The van der Waals surface area contributed by atoms with Gasteiger partial charge in [0.25, 0.3) is 0 Å². The summed E-state index contributed by atoms with van der Waals surface area (Å²) in [5.41, 5.74) is 0. The first-order chi connectivity index (χ1) is 9.11.